The minimum Gasteiger partial charge on any atom is -0.480 e. The fourth-order valence-electron chi connectivity index (χ4n) is 3.45. The van der Waals surface area contributed by atoms with E-state index in [2.05, 4.69) is 5.32 Å². The van der Waals surface area contributed by atoms with E-state index in [4.69, 9.17) is 0 Å². The summed E-state index contributed by atoms with van der Waals surface area (Å²) >= 11 is 0. The fraction of sp³-hybridized carbons (Fsp3) is 0.333. The highest BCUT2D eigenvalue weighted by Crippen LogP contribution is 2.26. The van der Waals surface area contributed by atoms with Crippen molar-refractivity contribution in [2.24, 2.45) is 0 Å². The van der Waals surface area contributed by atoms with E-state index in [1.54, 1.807) is 36.4 Å². The van der Waals surface area contributed by atoms with E-state index in [0.717, 1.165) is 11.1 Å². The molecule has 8 heteroatoms. The van der Waals surface area contributed by atoms with Crippen molar-refractivity contribution in [1.29, 1.82) is 0 Å². The average Bonchev–Trinajstić information content (AvgIpc) is 3.19. The third kappa shape index (κ3) is 4.83. The Morgan fingerprint density at radius 1 is 1.14 bits per heavy atom. The van der Waals surface area contributed by atoms with Crippen molar-refractivity contribution < 1.29 is 23.1 Å². The molecule has 1 aliphatic rings. The molecule has 3 rings (SSSR count). The number of carbonyl (C=O) groups is 2. The number of aliphatic carboxylic acids is 1. The summed E-state index contributed by atoms with van der Waals surface area (Å²) in [6.07, 6.45) is 1.02. The molecule has 0 saturated carbocycles. The number of hydrogen-bond donors (Lipinski definition) is 2. The van der Waals surface area contributed by atoms with Crippen LogP contribution in [0.2, 0.25) is 0 Å². The minimum atomic E-state index is -3.84. The second-order valence-electron chi connectivity index (χ2n) is 7.18. The van der Waals surface area contributed by atoms with Crippen molar-refractivity contribution in [2.45, 2.75) is 43.2 Å². The summed E-state index contributed by atoms with van der Waals surface area (Å²) in [4.78, 5) is 24.6. The van der Waals surface area contributed by atoms with E-state index in [9.17, 15) is 23.1 Å². The van der Waals surface area contributed by atoms with Gasteiger partial charge < -0.3 is 10.4 Å². The van der Waals surface area contributed by atoms with Gasteiger partial charge in [0.1, 0.15) is 12.1 Å². The topological polar surface area (TPSA) is 104 Å². The van der Waals surface area contributed by atoms with Crippen LogP contribution in [0.15, 0.2) is 59.5 Å². The quantitative estimate of drug-likeness (QED) is 0.718. The lowest BCUT2D eigenvalue weighted by Crippen LogP contribution is -2.51. The molecule has 1 amide bonds. The normalized spacial score (nSPS) is 18.3. The maximum atomic E-state index is 13.0. The molecule has 7 nitrogen and oxygen atoms in total. The van der Waals surface area contributed by atoms with Crippen molar-refractivity contribution >= 4 is 21.9 Å². The van der Waals surface area contributed by atoms with Gasteiger partial charge in [-0.2, -0.15) is 4.31 Å². The number of carboxylic acid groups (broad SMARTS) is 1. The molecule has 0 spiro atoms. The van der Waals surface area contributed by atoms with Gasteiger partial charge in [0.2, 0.25) is 15.9 Å². The highest BCUT2D eigenvalue weighted by atomic mass is 32.2. The molecule has 0 unspecified atom stereocenters. The van der Waals surface area contributed by atoms with Crippen LogP contribution < -0.4 is 5.32 Å². The molecule has 154 valence electrons. The predicted molar refractivity (Wildman–Crippen MR) is 108 cm³/mol. The molecule has 0 aromatic heterocycles. The van der Waals surface area contributed by atoms with Crippen molar-refractivity contribution in [3.8, 4) is 0 Å². The zero-order valence-corrected chi connectivity index (χ0v) is 16.9. The van der Waals surface area contributed by atoms with Gasteiger partial charge in [0.25, 0.3) is 0 Å². The number of nitrogens with one attached hydrogen (secondary N) is 1. The summed E-state index contributed by atoms with van der Waals surface area (Å²) in [6, 6.07) is 13.4. The van der Waals surface area contributed by atoms with E-state index in [-0.39, 0.29) is 17.9 Å². The van der Waals surface area contributed by atoms with Crippen LogP contribution in [0.4, 0.5) is 0 Å². The summed E-state index contributed by atoms with van der Waals surface area (Å²) in [5.41, 5.74) is 1.71. The summed E-state index contributed by atoms with van der Waals surface area (Å²) in [5.74, 6) is -1.74. The minimum absolute atomic E-state index is 0.124. The van der Waals surface area contributed by atoms with Gasteiger partial charge in [-0.05, 0) is 37.5 Å². The smallest absolute Gasteiger partial charge is 0.326 e. The fourth-order valence-corrected chi connectivity index (χ4v) is 5.11. The molecule has 2 N–H and O–H groups in total. The Balaban J connectivity index is 1.76. The van der Waals surface area contributed by atoms with Gasteiger partial charge in [-0.25, -0.2) is 13.2 Å². The van der Waals surface area contributed by atoms with Gasteiger partial charge in [-0.15, -0.1) is 0 Å². The lowest BCUT2D eigenvalue weighted by atomic mass is 10.1. The molecular formula is C21H24N2O5S. The van der Waals surface area contributed by atoms with Crippen LogP contribution in [-0.2, 0) is 26.0 Å². The Labute approximate surface area is 170 Å². The zero-order valence-electron chi connectivity index (χ0n) is 16.1. The maximum absolute atomic E-state index is 13.0. The first-order chi connectivity index (χ1) is 13.8. The van der Waals surface area contributed by atoms with Crippen molar-refractivity contribution in [3.05, 3.63) is 65.7 Å². The monoisotopic (exact) mass is 416 g/mol. The average molecular weight is 416 g/mol. The van der Waals surface area contributed by atoms with E-state index in [1.165, 1.54) is 16.4 Å². The van der Waals surface area contributed by atoms with E-state index < -0.39 is 34.0 Å². The van der Waals surface area contributed by atoms with E-state index in [0.29, 0.717) is 12.8 Å². The SMILES string of the molecule is Cc1ccc(S(=O)(=O)N2CCC[C@@H]2C(=O)N[C@H](Cc2ccccc2)C(=O)O)cc1. The summed E-state index contributed by atoms with van der Waals surface area (Å²) in [5, 5.41) is 12.0. The second-order valence-corrected chi connectivity index (χ2v) is 9.07. The van der Waals surface area contributed by atoms with E-state index in [1.807, 2.05) is 13.0 Å². The van der Waals surface area contributed by atoms with Crippen molar-refractivity contribution in [3.63, 3.8) is 0 Å². The van der Waals surface area contributed by atoms with Crippen molar-refractivity contribution in [1.82, 2.24) is 9.62 Å². The molecular weight excluding hydrogens is 392 g/mol. The summed E-state index contributed by atoms with van der Waals surface area (Å²) in [6.45, 7) is 2.09. The van der Waals surface area contributed by atoms with Crippen LogP contribution in [-0.4, -0.2) is 48.3 Å². The standard InChI is InChI=1S/C21H24N2O5S/c1-15-9-11-17(12-10-15)29(27,28)23-13-5-8-19(23)20(24)22-18(21(25)26)14-16-6-3-2-4-7-16/h2-4,6-7,9-12,18-19H,5,8,13-14H2,1H3,(H,22,24)(H,25,26)/t18-,19-/m1/s1. The molecule has 29 heavy (non-hydrogen) atoms. The molecule has 2 atom stereocenters. The van der Waals surface area contributed by atoms with Gasteiger partial charge in [-0.3, -0.25) is 4.79 Å². The third-order valence-corrected chi connectivity index (χ3v) is 6.95. The zero-order chi connectivity index (χ0) is 21.0. The number of carboxylic acids is 1. The lowest BCUT2D eigenvalue weighted by Gasteiger charge is -2.25. The molecule has 1 saturated heterocycles. The lowest BCUT2D eigenvalue weighted by molar-refractivity contribution is -0.142. The summed E-state index contributed by atoms with van der Waals surface area (Å²) < 4.78 is 27.2. The van der Waals surface area contributed by atoms with Crippen molar-refractivity contribution in [2.75, 3.05) is 6.54 Å². The highest BCUT2D eigenvalue weighted by Gasteiger charge is 2.40. The van der Waals surface area contributed by atoms with Gasteiger partial charge in [0.05, 0.1) is 4.90 Å². The number of benzene rings is 2. The molecule has 1 aliphatic heterocycles. The van der Waals surface area contributed by atoms with Gasteiger partial charge in [0, 0.05) is 13.0 Å². The number of amides is 1. The molecule has 0 aliphatic carbocycles. The van der Waals surface area contributed by atoms with E-state index >= 15 is 0 Å². The third-order valence-electron chi connectivity index (χ3n) is 5.03. The van der Waals surface area contributed by atoms with Crippen LogP contribution in [0, 0.1) is 6.92 Å². The number of hydrogen-bond acceptors (Lipinski definition) is 4. The highest BCUT2D eigenvalue weighted by molar-refractivity contribution is 7.89. The second kappa shape index (κ2) is 8.75. The van der Waals surface area contributed by atoms with Crippen LogP contribution in [0.5, 0.6) is 0 Å². The van der Waals surface area contributed by atoms with Crippen LogP contribution >= 0.6 is 0 Å². The molecule has 2 aromatic carbocycles. The molecule has 0 radical (unpaired) electrons. The first-order valence-electron chi connectivity index (χ1n) is 9.44. The Morgan fingerprint density at radius 2 is 1.79 bits per heavy atom. The first kappa shape index (κ1) is 21.0. The van der Waals surface area contributed by atoms with Gasteiger partial charge in [0.15, 0.2) is 0 Å². The van der Waals surface area contributed by atoms with Crippen LogP contribution in [0.25, 0.3) is 0 Å². The Morgan fingerprint density at radius 3 is 2.41 bits per heavy atom. The largest absolute Gasteiger partial charge is 0.480 e. The van der Waals surface area contributed by atoms with Gasteiger partial charge in [-0.1, -0.05) is 48.0 Å². The molecule has 0 bridgehead atoms. The molecule has 1 fully saturated rings. The first-order valence-corrected chi connectivity index (χ1v) is 10.9. The number of carbonyl (C=O) groups excluding carboxylic acids is 1. The number of rotatable bonds is 7. The van der Waals surface area contributed by atoms with Crippen LogP contribution in [0.3, 0.4) is 0 Å². The maximum Gasteiger partial charge on any atom is 0.326 e. The Hall–Kier alpha value is -2.71. The van der Waals surface area contributed by atoms with Crippen LogP contribution in [0.1, 0.15) is 24.0 Å². The van der Waals surface area contributed by atoms with Gasteiger partial charge >= 0.3 is 5.97 Å². The Kier molecular flexibility index (Phi) is 6.34. The molecule has 2 aromatic rings. The molecule has 1 heterocycles. The number of aryl methyl sites for hydroxylation is 1. The summed E-state index contributed by atoms with van der Waals surface area (Å²) in [7, 11) is -3.84. The number of nitrogens with zero attached hydrogens (tertiary/aromatic N) is 1. The number of sulfonamides is 1. The Bertz CT molecular complexity index is 974. The predicted octanol–water partition coefficient (Wildman–Crippen LogP) is 1.96.